The molecule has 0 aliphatic rings. The zero-order chi connectivity index (χ0) is 25.7. The molecule has 0 aliphatic heterocycles. The van der Waals surface area contributed by atoms with Gasteiger partial charge in [0.2, 0.25) is 0 Å². The maximum Gasteiger partial charge on any atom is 0.291 e. The van der Waals surface area contributed by atoms with E-state index in [9.17, 15) is 14.7 Å². The molecule has 1 heterocycles. The highest BCUT2D eigenvalue weighted by molar-refractivity contribution is 6.32. The number of rotatable bonds is 8. The second-order valence-electron chi connectivity index (χ2n) is 7.49. The van der Waals surface area contributed by atoms with Gasteiger partial charge in [-0.2, -0.15) is 5.10 Å². The van der Waals surface area contributed by atoms with Crippen molar-refractivity contribution in [3.05, 3.63) is 82.6 Å². The average molecular weight is 508 g/mol. The lowest BCUT2D eigenvalue weighted by atomic mass is 10.2. The molecule has 0 aliphatic carbocycles. The van der Waals surface area contributed by atoms with Crippen LogP contribution < -0.4 is 20.2 Å². The van der Waals surface area contributed by atoms with E-state index in [0.29, 0.717) is 34.9 Å². The molecule has 3 aromatic carbocycles. The van der Waals surface area contributed by atoms with Crippen molar-refractivity contribution < 1.29 is 28.6 Å². The molecule has 0 atom stereocenters. The van der Waals surface area contributed by atoms with E-state index in [4.69, 9.17) is 25.5 Å². The van der Waals surface area contributed by atoms with Crippen molar-refractivity contribution in [3.63, 3.8) is 0 Å². The number of amides is 2. The maximum atomic E-state index is 12.8. The summed E-state index contributed by atoms with van der Waals surface area (Å²) in [4.78, 5) is 25.0. The summed E-state index contributed by atoms with van der Waals surface area (Å²) in [6.45, 7) is 2.35. The first-order chi connectivity index (χ1) is 17.4. The number of hydrogen-bond donors (Lipinski definition) is 3. The molecule has 1 aromatic heterocycles. The fraction of sp³-hybridized carbons (Fsp3) is 0.115. The molecule has 0 radical (unpaired) electrons. The van der Waals surface area contributed by atoms with Gasteiger partial charge in [0.25, 0.3) is 11.8 Å². The molecule has 0 unspecified atom stereocenters. The Morgan fingerprint density at radius 3 is 2.67 bits per heavy atom. The number of fused-ring (bicyclic) bond motifs is 1. The third-order valence-electron chi connectivity index (χ3n) is 5.10. The van der Waals surface area contributed by atoms with Crippen molar-refractivity contribution in [2.24, 2.45) is 5.10 Å². The zero-order valence-corrected chi connectivity index (χ0v) is 20.1. The van der Waals surface area contributed by atoms with Gasteiger partial charge in [-0.15, -0.1) is 0 Å². The number of phenols is 1. The summed E-state index contributed by atoms with van der Waals surface area (Å²) in [5.74, 6) is 0.0657. The maximum absolute atomic E-state index is 12.8. The molecule has 10 heteroatoms. The summed E-state index contributed by atoms with van der Waals surface area (Å²) in [6.07, 6.45) is 1.40. The molecule has 0 spiro atoms. The molecular weight excluding hydrogens is 486 g/mol. The largest absolute Gasteiger partial charge is 0.506 e. The number of para-hydroxylation sites is 1. The zero-order valence-electron chi connectivity index (χ0n) is 19.4. The summed E-state index contributed by atoms with van der Waals surface area (Å²) in [6, 6.07) is 16.1. The summed E-state index contributed by atoms with van der Waals surface area (Å²) in [7, 11) is 1.48. The molecule has 36 heavy (non-hydrogen) atoms. The number of hydrazone groups is 1. The van der Waals surface area contributed by atoms with Gasteiger partial charge in [0.1, 0.15) is 11.5 Å². The van der Waals surface area contributed by atoms with E-state index in [1.54, 1.807) is 30.3 Å². The minimum absolute atomic E-state index is 0.0586. The number of anilines is 1. The molecule has 0 bridgehead atoms. The van der Waals surface area contributed by atoms with Crippen molar-refractivity contribution in [3.8, 4) is 17.2 Å². The Bertz CT molecular complexity index is 1460. The van der Waals surface area contributed by atoms with Crippen LogP contribution in [0.15, 0.2) is 70.2 Å². The number of furan rings is 1. The summed E-state index contributed by atoms with van der Waals surface area (Å²) < 4.78 is 16.7. The second-order valence-corrected chi connectivity index (χ2v) is 7.90. The van der Waals surface area contributed by atoms with Gasteiger partial charge >= 0.3 is 0 Å². The van der Waals surface area contributed by atoms with Crippen LogP contribution in [0.4, 0.5) is 5.69 Å². The highest BCUT2D eigenvalue weighted by Gasteiger charge is 2.16. The van der Waals surface area contributed by atoms with E-state index in [-0.39, 0.29) is 22.1 Å². The Morgan fingerprint density at radius 1 is 1.08 bits per heavy atom. The van der Waals surface area contributed by atoms with Crippen LogP contribution in [0.2, 0.25) is 5.02 Å². The van der Waals surface area contributed by atoms with Gasteiger partial charge in [-0.25, -0.2) is 5.43 Å². The number of benzene rings is 3. The van der Waals surface area contributed by atoms with Crippen LogP contribution in [0, 0.1) is 0 Å². The lowest BCUT2D eigenvalue weighted by Gasteiger charge is -2.09. The van der Waals surface area contributed by atoms with Crippen LogP contribution in [0.3, 0.4) is 0 Å². The standard InChI is InChI=1S/C26H22ClN3O6/c1-3-35-21-6-4-5-15-12-23(36-24(15)21)26(33)29-18-9-7-17(22(13-18)34-2)14-28-30-25(32)16-8-10-20(31)19(27)11-16/h4-14,31H,3H2,1-2H3,(H,29,33)(H,30,32). The number of nitrogens with zero attached hydrogens (tertiary/aromatic N) is 1. The van der Waals surface area contributed by atoms with Crippen molar-refractivity contribution in [2.75, 3.05) is 19.0 Å². The Kier molecular flexibility index (Phi) is 7.41. The Morgan fingerprint density at radius 2 is 1.92 bits per heavy atom. The van der Waals surface area contributed by atoms with Crippen LogP contribution in [0.1, 0.15) is 33.4 Å². The quantitative estimate of drug-likeness (QED) is 0.222. The van der Waals surface area contributed by atoms with Crippen LogP contribution in [-0.2, 0) is 0 Å². The SMILES string of the molecule is CCOc1cccc2cc(C(=O)Nc3ccc(C=NNC(=O)c4ccc(O)c(Cl)c4)c(OC)c3)oc12. The highest BCUT2D eigenvalue weighted by atomic mass is 35.5. The number of hydrogen-bond acceptors (Lipinski definition) is 7. The van der Waals surface area contributed by atoms with Gasteiger partial charge in [-0.1, -0.05) is 23.7 Å². The first-order valence-corrected chi connectivity index (χ1v) is 11.2. The summed E-state index contributed by atoms with van der Waals surface area (Å²) in [5, 5.41) is 17.0. The van der Waals surface area contributed by atoms with E-state index in [1.165, 1.54) is 31.5 Å². The predicted octanol–water partition coefficient (Wildman–Crippen LogP) is 5.22. The first-order valence-electron chi connectivity index (χ1n) is 10.9. The molecule has 4 rings (SSSR count). The molecule has 0 saturated carbocycles. The van der Waals surface area contributed by atoms with E-state index in [2.05, 4.69) is 15.8 Å². The molecule has 2 amide bonds. The topological polar surface area (TPSA) is 122 Å². The van der Waals surface area contributed by atoms with Crippen molar-refractivity contribution in [1.82, 2.24) is 5.43 Å². The van der Waals surface area contributed by atoms with Crippen molar-refractivity contribution in [2.45, 2.75) is 6.92 Å². The third-order valence-corrected chi connectivity index (χ3v) is 5.41. The average Bonchev–Trinajstić information content (AvgIpc) is 3.32. The number of carbonyl (C=O) groups excluding carboxylic acids is 2. The number of methoxy groups -OCH3 is 1. The Balaban J connectivity index is 1.45. The lowest BCUT2D eigenvalue weighted by Crippen LogP contribution is -2.17. The van der Waals surface area contributed by atoms with Crippen molar-refractivity contribution >= 4 is 46.3 Å². The minimum atomic E-state index is -0.505. The highest BCUT2D eigenvalue weighted by Crippen LogP contribution is 2.30. The van der Waals surface area contributed by atoms with Crippen LogP contribution in [0.5, 0.6) is 17.2 Å². The normalized spacial score (nSPS) is 11.0. The molecule has 0 fully saturated rings. The van der Waals surface area contributed by atoms with E-state index in [1.807, 2.05) is 19.1 Å². The fourth-order valence-corrected chi connectivity index (χ4v) is 3.56. The van der Waals surface area contributed by atoms with Gasteiger partial charge in [0.15, 0.2) is 17.1 Å². The van der Waals surface area contributed by atoms with E-state index in [0.717, 1.165) is 5.39 Å². The molecule has 3 N–H and O–H groups in total. The van der Waals surface area contributed by atoms with Gasteiger partial charge in [-0.05, 0) is 49.4 Å². The van der Waals surface area contributed by atoms with Crippen LogP contribution in [0.25, 0.3) is 11.0 Å². The molecule has 0 saturated heterocycles. The summed E-state index contributed by atoms with van der Waals surface area (Å²) >= 11 is 5.83. The van der Waals surface area contributed by atoms with E-state index < -0.39 is 11.8 Å². The minimum Gasteiger partial charge on any atom is -0.506 e. The number of ether oxygens (including phenoxy) is 2. The molecule has 184 valence electrons. The summed E-state index contributed by atoms with van der Waals surface area (Å²) in [5.41, 5.74) is 4.16. The van der Waals surface area contributed by atoms with Crippen LogP contribution in [-0.4, -0.2) is 36.9 Å². The number of aromatic hydroxyl groups is 1. The fourth-order valence-electron chi connectivity index (χ4n) is 3.38. The first kappa shape index (κ1) is 24.6. The molecule has 4 aromatic rings. The number of halogens is 1. The lowest BCUT2D eigenvalue weighted by molar-refractivity contribution is 0.0953. The van der Waals surface area contributed by atoms with Gasteiger partial charge in [0.05, 0.1) is 25.0 Å². The van der Waals surface area contributed by atoms with Gasteiger partial charge in [0, 0.05) is 28.3 Å². The molecular formula is C26H22ClN3O6. The second kappa shape index (κ2) is 10.8. The number of phenolic OH excluding ortho intramolecular Hbond substituents is 1. The number of carbonyl (C=O) groups is 2. The van der Waals surface area contributed by atoms with Crippen LogP contribution >= 0.6 is 11.6 Å². The Hall–Kier alpha value is -4.50. The Labute approximate surface area is 211 Å². The predicted molar refractivity (Wildman–Crippen MR) is 137 cm³/mol. The smallest absolute Gasteiger partial charge is 0.291 e. The number of nitrogens with one attached hydrogen (secondary N) is 2. The van der Waals surface area contributed by atoms with E-state index >= 15 is 0 Å². The van der Waals surface area contributed by atoms with Crippen molar-refractivity contribution in [1.29, 1.82) is 0 Å². The van der Waals surface area contributed by atoms with Gasteiger partial charge < -0.3 is 24.3 Å². The molecule has 9 nitrogen and oxygen atoms in total. The van der Waals surface area contributed by atoms with Gasteiger partial charge in [-0.3, -0.25) is 9.59 Å². The third kappa shape index (κ3) is 5.42. The monoisotopic (exact) mass is 507 g/mol.